The number of nitrogens with two attached hydrogens (primary N) is 1. The lowest BCUT2D eigenvalue weighted by atomic mass is 10.1. The molecule has 0 amide bonds. The predicted molar refractivity (Wildman–Crippen MR) is 70.3 cm³/mol. The van der Waals surface area contributed by atoms with Gasteiger partial charge in [0.15, 0.2) is 0 Å². The van der Waals surface area contributed by atoms with Gasteiger partial charge < -0.3 is 5.73 Å². The van der Waals surface area contributed by atoms with Crippen LogP contribution in [0.4, 0.5) is 5.82 Å². The molecular weight excluding hydrogens is 278 g/mol. The minimum absolute atomic E-state index is 0.578. The number of aliphatic imine (C=N–C) groups is 1. The van der Waals surface area contributed by atoms with Gasteiger partial charge in [-0.25, -0.2) is 4.57 Å². The highest BCUT2D eigenvalue weighted by atomic mass is 79.9. The molecule has 0 spiro atoms. The predicted octanol–water partition coefficient (Wildman–Crippen LogP) is 2.14. The highest BCUT2D eigenvalue weighted by molar-refractivity contribution is 9.10. The molecule has 0 unspecified atom stereocenters. The number of hydrogen-bond acceptors (Lipinski definition) is 2. The standard InChI is InChI=1S/C13H10BrN3/c14-10-5-6-12-16-13(15)11-4-2-1-3-9(11)7-17(12)8-10/h1-6,8,15H,7H2/p+1. The van der Waals surface area contributed by atoms with Crippen molar-refractivity contribution in [2.24, 2.45) is 10.7 Å². The first-order valence-corrected chi connectivity index (χ1v) is 6.15. The molecule has 17 heavy (non-hydrogen) atoms. The molecule has 3 rings (SSSR count). The Kier molecular flexibility index (Phi) is 2.44. The fraction of sp³-hybridized carbons (Fsp3) is 0.0769. The molecule has 0 saturated carbocycles. The molecule has 4 heteroatoms. The minimum atomic E-state index is 0.578. The molecule has 3 nitrogen and oxygen atoms in total. The van der Waals surface area contributed by atoms with Crippen LogP contribution in [0.1, 0.15) is 11.1 Å². The van der Waals surface area contributed by atoms with Gasteiger partial charge in [-0.2, -0.15) is 0 Å². The fourth-order valence-corrected chi connectivity index (χ4v) is 2.39. The number of amidine groups is 1. The molecule has 0 atom stereocenters. The summed E-state index contributed by atoms with van der Waals surface area (Å²) in [5, 5.41) is 0. The first-order chi connectivity index (χ1) is 8.24. The Bertz CT molecular complexity index is 620. The normalized spacial score (nSPS) is 13.4. The van der Waals surface area contributed by atoms with Gasteiger partial charge in [0.05, 0.1) is 10.0 Å². The fourth-order valence-electron chi connectivity index (χ4n) is 2.01. The summed E-state index contributed by atoms with van der Waals surface area (Å²) in [6, 6.07) is 12.0. The van der Waals surface area contributed by atoms with E-state index in [0.29, 0.717) is 5.84 Å². The summed E-state index contributed by atoms with van der Waals surface area (Å²) in [5.74, 6) is 1.45. The maximum absolute atomic E-state index is 6.02. The van der Waals surface area contributed by atoms with Crippen LogP contribution in [0.5, 0.6) is 0 Å². The lowest BCUT2D eigenvalue weighted by Crippen LogP contribution is -2.33. The first kappa shape index (κ1) is 10.5. The van der Waals surface area contributed by atoms with Crippen LogP contribution < -0.4 is 10.3 Å². The molecule has 1 aromatic heterocycles. The molecule has 1 aromatic carbocycles. The molecule has 2 aromatic rings. The summed E-state index contributed by atoms with van der Waals surface area (Å²) in [5.41, 5.74) is 8.24. The Morgan fingerprint density at radius 3 is 2.88 bits per heavy atom. The van der Waals surface area contributed by atoms with Crippen molar-refractivity contribution >= 4 is 27.6 Å². The Morgan fingerprint density at radius 1 is 1.18 bits per heavy atom. The summed E-state index contributed by atoms with van der Waals surface area (Å²) in [7, 11) is 0. The van der Waals surface area contributed by atoms with Crippen LogP contribution in [0.15, 0.2) is 52.1 Å². The van der Waals surface area contributed by atoms with E-state index in [9.17, 15) is 0 Å². The zero-order valence-electron chi connectivity index (χ0n) is 9.10. The second-order valence-electron chi connectivity index (χ2n) is 3.99. The molecule has 84 valence electrons. The second kappa shape index (κ2) is 3.96. The molecule has 0 radical (unpaired) electrons. The number of hydrogen-bond donors (Lipinski definition) is 1. The molecular formula is C13H11BrN3+. The van der Waals surface area contributed by atoms with E-state index in [1.165, 1.54) is 5.56 Å². The number of halogens is 1. The Morgan fingerprint density at radius 2 is 2.00 bits per heavy atom. The number of aromatic nitrogens is 1. The first-order valence-electron chi connectivity index (χ1n) is 5.35. The summed E-state index contributed by atoms with van der Waals surface area (Å²) in [6.07, 6.45) is 2.02. The average Bonchev–Trinajstić information content (AvgIpc) is 2.46. The quantitative estimate of drug-likeness (QED) is 0.742. The van der Waals surface area contributed by atoms with Crippen LogP contribution in [0.2, 0.25) is 0 Å². The SMILES string of the molecule is NC1=Nc2ccc(Br)c[n+]2Cc2ccccc21. The molecule has 0 aliphatic carbocycles. The van der Waals surface area contributed by atoms with E-state index in [1.807, 2.05) is 36.5 Å². The molecule has 0 bridgehead atoms. The van der Waals surface area contributed by atoms with E-state index in [0.717, 1.165) is 22.4 Å². The lowest BCUT2D eigenvalue weighted by Gasteiger charge is -2.03. The maximum atomic E-state index is 6.02. The highest BCUT2D eigenvalue weighted by Crippen LogP contribution is 2.18. The second-order valence-corrected chi connectivity index (χ2v) is 4.90. The van der Waals surface area contributed by atoms with Crippen LogP contribution in [0, 0.1) is 0 Å². The highest BCUT2D eigenvalue weighted by Gasteiger charge is 2.20. The summed E-state index contributed by atoms with van der Waals surface area (Å²) in [4.78, 5) is 4.46. The third-order valence-corrected chi connectivity index (χ3v) is 3.30. The number of pyridine rings is 1. The average molecular weight is 289 g/mol. The Hall–Kier alpha value is -1.68. The van der Waals surface area contributed by atoms with Gasteiger partial charge in [0.2, 0.25) is 5.84 Å². The van der Waals surface area contributed by atoms with Crippen molar-refractivity contribution in [2.45, 2.75) is 6.54 Å². The number of fused-ring (bicyclic) bond motifs is 2. The van der Waals surface area contributed by atoms with Crippen LogP contribution >= 0.6 is 15.9 Å². The van der Waals surface area contributed by atoms with E-state index >= 15 is 0 Å². The van der Waals surface area contributed by atoms with Crippen molar-refractivity contribution in [3.63, 3.8) is 0 Å². The van der Waals surface area contributed by atoms with Crippen molar-refractivity contribution in [1.82, 2.24) is 0 Å². The van der Waals surface area contributed by atoms with Gasteiger partial charge in [0, 0.05) is 11.6 Å². The third-order valence-electron chi connectivity index (χ3n) is 2.83. The molecule has 2 N–H and O–H groups in total. The van der Waals surface area contributed by atoms with E-state index in [4.69, 9.17) is 5.73 Å². The Labute approximate surface area is 108 Å². The zero-order chi connectivity index (χ0) is 11.8. The van der Waals surface area contributed by atoms with Gasteiger partial charge in [-0.15, -0.1) is 0 Å². The van der Waals surface area contributed by atoms with Crippen LogP contribution in [-0.4, -0.2) is 5.84 Å². The molecule has 2 heterocycles. The zero-order valence-corrected chi connectivity index (χ0v) is 10.7. The van der Waals surface area contributed by atoms with Crippen molar-refractivity contribution in [3.05, 3.63) is 58.2 Å². The number of benzene rings is 1. The van der Waals surface area contributed by atoms with Gasteiger partial charge in [-0.05, 0) is 33.1 Å². The summed E-state index contributed by atoms with van der Waals surface area (Å²) >= 11 is 3.47. The minimum Gasteiger partial charge on any atom is -0.362 e. The van der Waals surface area contributed by atoms with Gasteiger partial charge in [0.1, 0.15) is 12.7 Å². The van der Waals surface area contributed by atoms with Gasteiger partial charge >= 0.3 is 5.82 Å². The largest absolute Gasteiger partial charge is 0.362 e. The van der Waals surface area contributed by atoms with Crippen molar-refractivity contribution in [3.8, 4) is 0 Å². The van der Waals surface area contributed by atoms with E-state index in [2.05, 4.69) is 31.6 Å². The molecule has 1 aliphatic heterocycles. The Balaban J connectivity index is 2.24. The molecule has 0 fully saturated rings. The van der Waals surface area contributed by atoms with Crippen molar-refractivity contribution in [1.29, 1.82) is 0 Å². The van der Waals surface area contributed by atoms with Crippen molar-refractivity contribution < 1.29 is 4.57 Å². The van der Waals surface area contributed by atoms with Crippen LogP contribution in [0.25, 0.3) is 0 Å². The van der Waals surface area contributed by atoms with E-state index in [-0.39, 0.29) is 0 Å². The van der Waals surface area contributed by atoms with Crippen LogP contribution in [0.3, 0.4) is 0 Å². The topological polar surface area (TPSA) is 42.3 Å². The van der Waals surface area contributed by atoms with Gasteiger partial charge in [-0.3, -0.25) is 0 Å². The molecule has 1 aliphatic rings. The van der Waals surface area contributed by atoms with Crippen LogP contribution in [-0.2, 0) is 6.54 Å². The maximum Gasteiger partial charge on any atom is 0.325 e. The van der Waals surface area contributed by atoms with Gasteiger partial charge in [0.25, 0.3) is 0 Å². The summed E-state index contributed by atoms with van der Waals surface area (Å²) < 4.78 is 3.12. The lowest BCUT2D eigenvalue weighted by molar-refractivity contribution is -0.675. The number of rotatable bonds is 0. The van der Waals surface area contributed by atoms with E-state index < -0.39 is 0 Å². The smallest absolute Gasteiger partial charge is 0.325 e. The third kappa shape index (κ3) is 1.85. The monoisotopic (exact) mass is 288 g/mol. The number of nitrogens with zero attached hydrogens (tertiary/aromatic N) is 2. The van der Waals surface area contributed by atoms with E-state index in [1.54, 1.807) is 0 Å². The summed E-state index contributed by atoms with van der Waals surface area (Å²) in [6.45, 7) is 0.787. The van der Waals surface area contributed by atoms with Crippen molar-refractivity contribution in [2.75, 3.05) is 0 Å². The van der Waals surface area contributed by atoms with Gasteiger partial charge in [-0.1, -0.05) is 18.2 Å². The molecule has 0 saturated heterocycles.